The molecule has 1 fully saturated rings. The number of amides is 1. The molecule has 1 N–H and O–H groups in total. The second-order valence-electron chi connectivity index (χ2n) is 7.02. The highest BCUT2D eigenvalue weighted by molar-refractivity contribution is 7.92. The van der Waals surface area contributed by atoms with Gasteiger partial charge in [-0.05, 0) is 62.3 Å². The lowest BCUT2D eigenvalue weighted by molar-refractivity contribution is 0.0761. The molecule has 0 saturated carbocycles. The number of benzene rings is 2. The second-order valence-corrected chi connectivity index (χ2v) is 8.71. The molecule has 0 atom stereocenters. The first-order valence-corrected chi connectivity index (χ1v) is 11.1. The molecule has 0 radical (unpaired) electrons. The fraction of sp³-hybridized carbons (Fsp3) is 0.381. The highest BCUT2D eigenvalue weighted by Crippen LogP contribution is 2.20. The van der Waals surface area contributed by atoms with Crippen molar-refractivity contribution in [3.05, 3.63) is 59.7 Å². The third kappa shape index (κ3) is 4.72. The maximum Gasteiger partial charge on any atom is 0.261 e. The minimum atomic E-state index is -3.70. The number of anilines is 1. The number of hydrogen-bond acceptors (Lipinski definition) is 4. The Morgan fingerprint density at radius 2 is 1.71 bits per heavy atom. The summed E-state index contributed by atoms with van der Waals surface area (Å²) in [5.41, 5.74) is 1.91. The molecule has 0 aliphatic carbocycles. The summed E-state index contributed by atoms with van der Waals surface area (Å²) < 4.78 is 27.9. The van der Waals surface area contributed by atoms with E-state index in [1.807, 2.05) is 24.0 Å². The third-order valence-electron chi connectivity index (χ3n) is 5.12. The van der Waals surface area contributed by atoms with Crippen molar-refractivity contribution in [1.82, 2.24) is 9.80 Å². The van der Waals surface area contributed by atoms with Crippen molar-refractivity contribution in [1.29, 1.82) is 0 Å². The molecule has 6 nitrogen and oxygen atoms in total. The largest absolute Gasteiger partial charge is 0.337 e. The Kier molecular flexibility index (Phi) is 6.36. The van der Waals surface area contributed by atoms with Crippen molar-refractivity contribution in [2.75, 3.05) is 37.4 Å². The van der Waals surface area contributed by atoms with Crippen LogP contribution in [0.1, 0.15) is 29.3 Å². The minimum Gasteiger partial charge on any atom is -0.337 e. The molecule has 150 valence electrons. The number of aryl methyl sites for hydroxylation is 1. The average molecular weight is 402 g/mol. The lowest BCUT2D eigenvalue weighted by Crippen LogP contribution is -2.35. The van der Waals surface area contributed by atoms with Crippen LogP contribution in [0.5, 0.6) is 0 Å². The summed E-state index contributed by atoms with van der Waals surface area (Å²) >= 11 is 0. The summed E-state index contributed by atoms with van der Waals surface area (Å²) in [5, 5.41) is 0. The Morgan fingerprint density at radius 3 is 2.39 bits per heavy atom. The van der Waals surface area contributed by atoms with Crippen molar-refractivity contribution < 1.29 is 13.2 Å². The van der Waals surface area contributed by atoms with Crippen LogP contribution in [-0.4, -0.2) is 56.8 Å². The zero-order valence-corrected chi connectivity index (χ0v) is 17.2. The molecule has 0 spiro atoms. The van der Waals surface area contributed by atoms with Crippen molar-refractivity contribution in [3.8, 4) is 0 Å². The first-order valence-electron chi connectivity index (χ1n) is 9.61. The van der Waals surface area contributed by atoms with E-state index < -0.39 is 10.0 Å². The summed E-state index contributed by atoms with van der Waals surface area (Å²) in [6, 6.07) is 13.4. The van der Waals surface area contributed by atoms with E-state index in [9.17, 15) is 13.2 Å². The smallest absolute Gasteiger partial charge is 0.261 e. The van der Waals surface area contributed by atoms with Gasteiger partial charge >= 0.3 is 0 Å². The molecule has 1 heterocycles. The van der Waals surface area contributed by atoms with E-state index in [2.05, 4.69) is 16.5 Å². The molecule has 3 rings (SSSR count). The predicted octanol–water partition coefficient (Wildman–Crippen LogP) is 2.96. The monoisotopic (exact) mass is 401 g/mol. The van der Waals surface area contributed by atoms with Gasteiger partial charge in [-0.3, -0.25) is 9.52 Å². The van der Waals surface area contributed by atoms with E-state index >= 15 is 0 Å². The lowest BCUT2D eigenvalue weighted by atomic mass is 10.2. The number of sulfonamides is 1. The topological polar surface area (TPSA) is 69.7 Å². The lowest BCUT2D eigenvalue weighted by Gasteiger charge is -2.21. The quantitative estimate of drug-likeness (QED) is 0.836. The molecule has 1 amide bonds. The van der Waals surface area contributed by atoms with Crippen LogP contribution in [0.25, 0.3) is 0 Å². The number of hydrogen-bond donors (Lipinski definition) is 1. The van der Waals surface area contributed by atoms with Crippen molar-refractivity contribution in [2.24, 2.45) is 0 Å². The molecule has 2 aromatic carbocycles. The molecule has 0 unspecified atom stereocenters. The molecule has 1 aliphatic rings. The van der Waals surface area contributed by atoms with Crippen LogP contribution < -0.4 is 4.72 Å². The van der Waals surface area contributed by atoms with Crippen molar-refractivity contribution in [2.45, 2.75) is 25.2 Å². The van der Waals surface area contributed by atoms with Gasteiger partial charge in [0.05, 0.1) is 10.6 Å². The van der Waals surface area contributed by atoms with E-state index in [0.29, 0.717) is 17.8 Å². The molecule has 2 aromatic rings. The van der Waals surface area contributed by atoms with Gasteiger partial charge in [0.2, 0.25) is 0 Å². The SMILES string of the molecule is CCN1CCCN(C(=O)c2ccc(S(=O)(=O)Nc3ccccc3C)cc2)CC1. The Morgan fingerprint density at radius 1 is 1.00 bits per heavy atom. The fourth-order valence-electron chi connectivity index (χ4n) is 3.34. The van der Waals surface area contributed by atoms with E-state index in [1.165, 1.54) is 12.1 Å². The summed E-state index contributed by atoms with van der Waals surface area (Å²) in [5.74, 6) is -0.0474. The molecule has 1 saturated heterocycles. The zero-order valence-electron chi connectivity index (χ0n) is 16.4. The van der Waals surface area contributed by atoms with E-state index in [0.717, 1.165) is 38.2 Å². The Hall–Kier alpha value is -2.38. The minimum absolute atomic E-state index is 0.0474. The van der Waals surface area contributed by atoms with Gasteiger partial charge in [0.25, 0.3) is 15.9 Å². The van der Waals surface area contributed by atoms with Crippen LogP contribution in [0.15, 0.2) is 53.4 Å². The number of carbonyl (C=O) groups is 1. The van der Waals surface area contributed by atoms with Gasteiger partial charge in [0.15, 0.2) is 0 Å². The third-order valence-corrected chi connectivity index (χ3v) is 6.51. The molecule has 0 aromatic heterocycles. The van der Waals surface area contributed by atoms with Crippen LogP contribution in [0.2, 0.25) is 0 Å². The highest BCUT2D eigenvalue weighted by atomic mass is 32.2. The first kappa shape index (κ1) is 20.4. The summed E-state index contributed by atoms with van der Waals surface area (Å²) in [6.45, 7) is 8.26. The van der Waals surface area contributed by atoms with Crippen LogP contribution in [0.3, 0.4) is 0 Å². The molecule has 28 heavy (non-hydrogen) atoms. The van der Waals surface area contributed by atoms with Gasteiger partial charge < -0.3 is 9.80 Å². The van der Waals surface area contributed by atoms with Crippen LogP contribution in [0, 0.1) is 6.92 Å². The van der Waals surface area contributed by atoms with Crippen LogP contribution >= 0.6 is 0 Å². The highest BCUT2D eigenvalue weighted by Gasteiger charge is 2.21. The van der Waals surface area contributed by atoms with Gasteiger partial charge in [-0.15, -0.1) is 0 Å². The number of nitrogens with zero attached hydrogens (tertiary/aromatic N) is 2. The molecule has 1 aliphatic heterocycles. The predicted molar refractivity (Wildman–Crippen MR) is 111 cm³/mol. The van der Waals surface area contributed by atoms with Crippen LogP contribution in [-0.2, 0) is 10.0 Å². The van der Waals surface area contributed by atoms with E-state index in [-0.39, 0.29) is 10.8 Å². The summed E-state index contributed by atoms with van der Waals surface area (Å²) in [6.07, 6.45) is 0.951. The molecular formula is C21H27N3O3S. The Labute approximate surface area is 167 Å². The van der Waals surface area contributed by atoms with Gasteiger partial charge in [0, 0.05) is 25.2 Å². The number of nitrogens with one attached hydrogen (secondary N) is 1. The van der Waals surface area contributed by atoms with E-state index in [4.69, 9.17) is 0 Å². The maximum atomic E-state index is 12.8. The summed E-state index contributed by atoms with van der Waals surface area (Å²) in [4.78, 5) is 17.1. The Balaban J connectivity index is 1.72. The Bertz CT molecular complexity index is 926. The molecule has 0 bridgehead atoms. The van der Waals surface area contributed by atoms with Crippen molar-refractivity contribution >= 4 is 21.6 Å². The first-order chi connectivity index (χ1) is 13.4. The van der Waals surface area contributed by atoms with Gasteiger partial charge in [-0.2, -0.15) is 0 Å². The van der Waals surface area contributed by atoms with Crippen molar-refractivity contribution in [3.63, 3.8) is 0 Å². The number of likely N-dealkylation sites (N-methyl/N-ethyl adjacent to an activating group) is 1. The fourth-order valence-corrected chi connectivity index (χ4v) is 4.47. The number of para-hydroxylation sites is 1. The maximum absolute atomic E-state index is 12.8. The number of rotatable bonds is 5. The van der Waals surface area contributed by atoms with Crippen LogP contribution in [0.4, 0.5) is 5.69 Å². The standard InChI is InChI=1S/C21H27N3O3S/c1-3-23-13-6-14-24(16-15-23)21(25)18-9-11-19(12-10-18)28(26,27)22-20-8-5-4-7-17(20)2/h4-5,7-12,22H,3,6,13-16H2,1-2H3. The molecular weight excluding hydrogens is 374 g/mol. The van der Waals surface area contributed by atoms with E-state index in [1.54, 1.807) is 24.3 Å². The number of carbonyl (C=O) groups excluding carboxylic acids is 1. The zero-order chi connectivity index (χ0) is 20.1. The van der Waals surface area contributed by atoms with Gasteiger partial charge in [-0.1, -0.05) is 25.1 Å². The average Bonchev–Trinajstić information content (AvgIpc) is 2.95. The van der Waals surface area contributed by atoms with Gasteiger partial charge in [-0.25, -0.2) is 8.42 Å². The summed E-state index contributed by atoms with van der Waals surface area (Å²) in [7, 11) is -3.70. The second kappa shape index (κ2) is 8.75. The molecule has 7 heteroatoms. The van der Waals surface area contributed by atoms with Gasteiger partial charge in [0.1, 0.15) is 0 Å². The normalized spacial score (nSPS) is 15.9.